The maximum atomic E-state index is 13.7. The van der Waals surface area contributed by atoms with Crippen molar-refractivity contribution >= 4 is 24.0 Å². The van der Waals surface area contributed by atoms with Crippen molar-refractivity contribution in [2.75, 3.05) is 13.7 Å². The number of aryl methyl sites for hydroxylation is 1. The quantitative estimate of drug-likeness (QED) is 0.185. The molecule has 1 fully saturated rings. The largest absolute Gasteiger partial charge is 0.465 e. The third kappa shape index (κ3) is 7.70. The van der Waals surface area contributed by atoms with Gasteiger partial charge >= 0.3 is 12.2 Å². The first kappa shape index (κ1) is 34.7. The average Bonchev–Trinajstić information content (AvgIpc) is 3.75. The molecule has 0 aromatic heterocycles. The number of ether oxygens (including phenoxy) is 1. The zero-order valence-corrected chi connectivity index (χ0v) is 28.2. The van der Waals surface area contributed by atoms with Crippen molar-refractivity contribution in [1.29, 1.82) is 5.26 Å². The van der Waals surface area contributed by atoms with Crippen LogP contribution >= 0.6 is 0 Å². The first-order valence-corrected chi connectivity index (χ1v) is 16.9. The first-order chi connectivity index (χ1) is 24.8. The zero-order chi connectivity index (χ0) is 35.9. The first-order valence-electron chi connectivity index (χ1n) is 16.9. The number of rotatable bonds is 11. The van der Waals surface area contributed by atoms with Gasteiger partial charge in [0.25, 0.3) is 0 Å². The number of carboxylic acid groups (broad SMARTS) is 1. The molecule has 4 aromatic rings. The Morgan fingerprint density at radius 2 is 1.49 bits per heavy atom. The molecule has 0 saturated carbocycles. The maximum absolute atomic E-state index is 13.7. The molecular formula is C40H39N5O6. The topological polar surface area (TPSA) is 152 Å². The molecule has 1 aliphatic heterocycles. The third-order valence-electron chi connectivity index (χ3n) is 9.59. The predicted octanol–water partition coefficient (Wildman–Crippen LogP) is 5.65. The highest BCUT2D eigenvalue weighted by molar-refractivity contribution is 5.92. The predicted molar refractivity (Wildman–Crippen MR) is 189 cm³/mol. The van der Waals surface area contributed by atoms with Crippen LogP contribution in [0, 0.1) is 17.2 Å². The fourth-order valence-corrected chi connectivity index (χ4v) is 7.09. The summed E-state index contributed by atoms with van der Waals surface area (Å²) in [4.78, 5) is 55.0. The summed E-state index contributed by atoms with van der Waals surface area (Å²) in [6.45, 7) is 0.499. The van der Waals surface area contributed by atoms with E-state index in [4.69, 9.17) is 4.74 Å². The number of carbonyl (C=O) groups excluding carboxylic acids is 3. The van der Waals surface area contributed by atoms with Crippen molar-refractivity contribution in [3.63, 3.8) is 0 Å². The lowest BCUT2D eigenvalue weighted by molar-refractivity contribution is -0.140. The number of methoxy groups -OCH3 is 1. The van der Waals surface area contributed by atoms with Gasteiger partial charge < -0.3 is 25.4 Å². The molecule has 1 aliphatic carbocycles. The molecule has 1 heterocycles. The molecule has 0 spiro atoms. The van der Waals surface area contributed by atoms with E-state index in [-0.39, 0.29) is 38.5 Å². The van der Waals surface area contributed by atoms with E-state index in [1.807, 2.05) is 91.0 Å². The number of nitrogens with one attached hydrogen (secondary N) is 2. The molecule has 1 saturated heterocycles. The van der Waals surface area contributed by atoms with Gasteiger partial charge in [0.2, 0.25) is 11.8 Å². The number of benzene rings is 4. The van der Waals surface area contributed by atoms with Gasteiger partial charge in [-0.15, -0.1) is 0 Å². The molecule has 0 unspecified atom stereocenters. The van der Waals surface area contributed by atoms with E-state index in [2.05, 4.69) is 28.8 Å². The summed E-state index contributed by atoms with van der Waals surface area (Å²) >= 11 is 0. The molecule has 2 aliphatic rings. The number of hydrogen-bond acceptors (Lipinski definition) is 6. The molecule has 0 bridgehead atoms. The van der Waals surface area contributed by atoms with Gasteiger partial charge in [-0.1, -0.05) is 103 Å². The molecular weight excluding hydrogens is 646 g/mol. The summed E-state index contributed by atoms with van der Waals surface area (Å²) < 4.78 is 5.23. The number of carbonyl (C=O) groups is 4. The molecule has 0 radical (unpaired) electrons. The van der Waals surface area contributed by atoms with Gasteiger partial charge in [-0.25, -0.2) is 9.59 Å². The minimum atomic E-state index is -1.34. The summed E-state index contributed by atoms with van der Waals surface area (Å²) in [5.41, 5.74) is 6.85. The van der Waals surface area contributed by atoms with Crippen LogP contribution in [0.2, 0.25) is 0 Å². The van der Waals surface area contributed by atoms with Crippen LogP contribution in [0.4, 0.5) is 9.59 Å². The average molecular weight is 686 g/mol. The second-order valence-electron chi connectivity index (χ2n) is 12.8. The van der Waals surface area contributed by atoms with Crippen molar-refractivity contribution in [1.82, 2.24) is 20.4 Å². The lowest BCUT2D eigenvalue weighted by Crippen LogP contribution is -2.53. The molecule has 3 atom stereocenters. The molecule has 4 aromatic carbocycles. The molecule has 11 nitrogen and oxygen atoms in total. The molecule has 11 heteroatoms. The monoisotopic (exact) mass is 685 g/mol. The molecule has 260 valence electrons. The number of amides is 4. The minimum absolute atomic E-state index is 0.0396. The van der Waals surface area contributed by atoms with Crippen LogP contribution in [-0.4, -0.2) is 64.6 Å². The van der Waals surface area contributed by atoms with Gasteiger partial charge in [0.1, 0.15) is 12.1 Å². The van der Waals surface area contributed by atoms with E-state index in [1.165, 1.54) is 12.0 Å². The fraction of sp³-hybridized carbons (Fsp3) is 0.275. The lowest BCUT2D eigenvalue weighted by atomic mass is 10.0. The zero-order valence-electron chi connectivity index (χ0n) is 28.2. The van der Waals surface area contributed by atoms with Crippen molar-refractivity contribution in [3.8, 4) is 17.2 Å². The summed E-state index contributed by atoms with van der Waals surface area (Å²) in [6, 6.07) is 32.9. The second-order valence-corrected chi connectivity index (χ2v) is 12.8. The summed E-state index contributed by atoms with van der Waals surface area (Å²) in [7, 11) is 1.37. The normalized spacial score (nSPS) is 16.7. The second kappa shape index (κ2) is 15.6. The fourth-order valence-electron chi connectivity index (χ4n) is 7.09. The van der Waals surface area contributed by atoms with Crippen molar-refractivity contribution < 1.29 is 29.0 Å². The van der Waals surface area contributed by atoms with Crippen molar-refractivity contribution in [3.05, 3.63) is 131 Å². The molecule has 6 rings (SSSR count). The van der Waals surface area contributed by atoms with Gasteiger partial charge in [0.05, 0.1) is 25.1 Å². The van der Waals surface area contributed by atoms with Crippen LogP contribution in [0.15, 0.2) is 103 Å². The van der Waals surface area contributed by atoms with Gasteiger partial charge in [0, 0.05) is 19.6 Å². The number of nitrogens with zero attached hydrogens (tertiary/aromatic N) is 3. The number of fused-ring (bicyclic) bond motifs is 3. The SMILES string of the molecule is COC(=O)N(Cc1ccc(CNC(=O)[C@@H]2C[C@@H](C#N)CN2C(=O)[C@@H](CCc2ccccc2)NC(=O)O)cc1)C1c2ccccc2-c2ccccc21. The van der Waals surface area contributed by atoms with Crippen LogP contribution in [0.1, 0.15) is 46.7 Å². The highest BCUT2D eigenvalue weighted by Gasteiger charge is 2.42. The lowest BCUT2D eigenvalue weighted by Gasteiger charge is -2.29. The Labute approximate surface area is 296 Å². The smallest absolute Gasteiger partial charge is 0.410 e. The Balaban J connectivity index is 1.12. The number of nitriles is 1. The van der Waals surface area contributed by atoms with Crippen molar-refractivity contribution in [2.24, 2.45) is 5.92 Å². The van der Waals surface area contributed by atoms with Crippen LogP contribution < -0.4 is 10.6 Å². The van der Waals surface area contributed by atoms with E-state index in [9.17, 15) is 29.5 Å². The van der Waals surface area contributed by atoms with Crippen LogP contribution in [0.5, 0.6) is 0 Å². The molecule has 51 heavy (non-hydrogen) atoms. The Morgan fingerprint density at radius 3 is 2.10 bits per heavy atom. The summed E-state index contributed by atoms with van der Waals surface area (Å²) in [5, 5.41) is 24.3. The number of likely N-dealkylation sites (tertiary alicyclic amines) is 1. The molecule has 4 amide bonds. The minimum Gasteiger partial charge on any atom is -0.465 e. The van der Waals surface area contributed by atoms with E-state index in [0.29, 0.717) is 6.42 Å². The van der Waals surface area contributed by atoms with Gasteiger partial charge in [-0.05, 0) is 58.2 Å². The van der Waals surface area contributed by atoms with Gasteiger partial charge in [-0.3, -0.25) is 14.5 Å². The van der Waals surface area contributed by atoms with Gasteiger partial charge in [0.15, 0.2) is 0 Å². The van der Waals surface area contributed by atoms with Gasteiger partial charge in [-0.2, -0.15) is 5.26 Å². The third-order valence-corrected chi connectivity index (χ3v) is 9.59. The highest BCUT2D eigenvalue weighted by atomic mass is 16.5. The Bertz CT molecular complexity index is 1900. The highest BCUT2D eigenvalue weighted by Crippen LogP contribution is 2.46. The van der Waals surface area contributed by atoms with Crippen LogP contribution in [-0.2, 0) is 33.8 Å². The Morgan fingerprint density at radius 1 is 0.882 bits per heavy atom. The van der Waals surface area contributed by atoms with E-state index in [0.717, 1.165) is 38.9 Å². The van der Waals surface area contributed by atoms with Crippen molar-refractivity contribution in [2.45, 2.75) is 50.5 Å². The summed E-state index contributed by atoms with van der Waals surface area (Å²) in [5.74, 6) is -1.50. The Hall–Kier alpha value is -6.15. The summed E-state index contributed by atoms with van der Waals surface area (Å²) in [6.07, 6.45) is -0.970. The maximum Gasteiger partial charge on any atom is 0.410 e. The van der Waals surface area contributed by atoms with Crippen LogP contribution in [0.25, 0.3) is 11.1 Å². The van der Waals surface area contributed by atoms with E-state index in [1.54, 1.807) is 4.90 Å². The number of hydrogen-bond donors (Lipinski definition) is 3. The Kier molecular flexibility index (Phi) is 10.6. The standard InChI is InChI=1S/C40H39N5O6/c1-51-40(50)45(36-32-13-7-5-11-30(32)31-12-6-8-14-33(31)36)24-28-17-15-27(16-18-28)23-42-37(46)35-21-29(22-41)25-44(35)38(47)34(43-39(48)49)20-19-26-9-3-2-4-10-26/h2-18,29,34-36,43H,19-21,23-25H2,1H3,(H,42,46)(H,48,49)/t29-,34+,35-/m0/s1. The van der Waals surface area contributed by atoms with E-state index < -0.39 is 42.0 Å². The molecule has 3 N–H and O–H groups in total. The van der Waals surface area contributed by atoms with E-state index >= 15 is 0 Å². The van der Waals surface area contributed by atoms with Crippen LogP contribution in [0.3, 0.4) is 0 Å².